The zero-order chi connectivity index (χ0) is 19.4. The van der Waals surface area contributed by atoms with Crippen molar-refractivity contribution in [3.05, 3.63) is 36.7 Å². The molecule has 1 aromatic heterocycles. The van der Waals surface area contributed by atoms with Crippen molar-refractivity contribution < 1.29 is 4.79 Å². The first-order chi connectivity index (χ1) is 13.3. The third-order valence-corrected chi connectivity index (χ3v) is 4.66. The monoisotopic (exact) mass is 373 g/mol. The molecular formula is C23H39N3O. The molecular weight excluding hydrogens is 334 g/mol. The lowest BCUT2D eigenvalue weighted by atomic mass is 10.1. The van der Waals surface area contributed by atoms with Crippen LogP contribution in [0.2, 0.25) is 0 Å². The summed E-state index contributed by atoms with van der Waals surface area (Å²) in [6.45, 7) is 3.00. The molecule has 2 amide bonds. The number of amides is 2. The Morgan fingerprint density at radius 3 is 2.04 bits per heavy atom. The highest BCUT2D eigenvalue weighted by atomic mass is 16.2. The molecule has 0 aliphatic rings. The number of hydrogen-bond acceptors (Lipinski definition) is 2. The first kappa shape index (κ1) is 23.2. The number of hydrogen-bond donors (Lipinski definition) is 2. The van der Waals surface area contributed by atoms with E-state index in [-0.39, 0.29) is 6.03 Å². The number of allylic oxidation sites excluding steroid dienone is 2. The van der Waals surface area contributed by atoms with Crippen molar-refractivity contribution in [1.29, 1.82) is 0 Å². The fourth-order valence-corrected chi connectivity index (χ4v) is 3.01. The van der Waals surface area contributed by atoms with E-state index in [9.17, 15) is 4.79 Å². The molecule has 4 heteroatoms. The normalized spacial score (nSPS) is 11.0. The molecule has 0 saturated heterocycles. The molecule has 152 valence electrons. The van der Waals surface area contributed by atoms with Crippen LogP contribution in [0.25, 0.3) is 0 Å². The van der Waals surface area contributed by atoms with Crippen molar-refractivity contribution >= 4 is 11.7 Å². The Bertz CT molecular complexity index is 488. The van der Waals surface area contributed by atoms with Crippen molar-refractivity contribution in [3.8, 4) is 0 Å². The van der Waals surface area contributed by atoms with Crippen LogP contribution >= 0.6 is 0 Å². The Labute approximate surface area is 166 Å². The summed E-state index contributed by atoms with van der Waals surface area (Å²) in [5.41, 5.74) is 0.770. The number of carbonyl (C=O) groups is 1. The second-order valence-corrected chi connectivity index (χ2v) is 7.20. The van der Waals surface area contributed by atoms with Gasteiger partial charge < -0.3 is 10.6 Å². The van der Waals surface area contributed by atoms with Gasteiger partial charge >= 0.3 is 6.03 Å². The average Bonchev–Trinajstić information content (AvgIpc) is 2.68. The fraction of sp³-hybridized carbons (Fsp3) is 0.652. The predicted octanol–water partition coefficient (Wildman–Crippen LogP) is 6.85. The van der Waals surface area contributed by atoms with E-state index >= 15 is 0 Å². The predicted molar refractivity (Wildman–Crippen MR) is 116 cm³/mol. The van der Waals surface area contributed by atoms with Gasteiger partial charge in [0.05, 0.1) is 0 Å². The first-order valence-electron chi connectivity index (χ1n) is 10.9. The van der Waals surface area contributed by atoms with Gasteiger partial charge in [0.1, 0.15) is 0 Å². The van der Waals surface area contributed by atoms with Gasteiger partial charge in [-0.15, -0.1) is 0 Å². The van der Waals surface area contributed by atoms with Gasteiger partial charge in [-0.2, -0.15) is 0 Å². The summed E-state index contributed by atoms with van der Waals surface area (Å²) in [6.07, 6.45) is 24.8. The maximum atomic E-state index is 11.7. The van der Waals surface area contributed by atoms with Crippen LogP contribution in [-0.4, -0.2) is 17.6 Å². The molecule has 4 nitrogen and oxygen atoms in total. The molecule has 0 aliphatic heterocycles. The number of nitrogens with zero attached hydrogens (tertiary/aromatic N) is 1. The van der Waals surface area contributed by atoms with E-state index in [0.29, 0.717) is 0 Å². The highest BCUT2D eigenvalue weighted by molar-refractivity contribution is 5.88. The minimum Gasteiger partial charge on any atom is -0.338 e. The third kappa shape index (κ3) is 15.0. The molecule has 1 aromatic rings. The highest BCUT2D eigenvalue weighted by Crippen LogP contribution is 2.09. The van der Waals surface area contributed by atoms with Crippen LogP contribution in [0.5, 0.6) is 0 Å². The second kappa shape index (κ2) is 17.6. The van der Waals surface area contributed by atoms with Crippen LogP contribution in [0.15, 0.2) is 36.7 Å². The first-order valence-corrected chi connectivity index (χ1v) is 10.9. The molecule has 0 fully saturated rings. The van der Waals surface area contributed by atoms with Crippen molar-refractivity contribution in [2.45, 2.75) is 90.4 Å². The van der Waals surface area contributed by atoms with Gasteiger partial charge in [-0.3, -0.25) is 4.98 Å². The fourth-order valence-electron chi connectivity index (χ4n) is 3.01. The van der Waals surface area contributed by atoms with E-state index in [1.165, 1.54) is 77.0 Å². The van der Waals surface area contributed by atoms with Gasteiger partial charge in [0, 0.05) is 24.6 Å². The Hall–Kier alpha value is -1.84. The van der Waals surface area contributed by atoms with Gasteiger partial charge in [0.25, 0.3) is 0 Å². The van der Waals surface area contributed by atoms with Crippen molar-refractivity contribution in [3.63, 3.8) is 0 Å². The van der Waals surface area contributed by atoms with Gasteiger partial charge in [-0.1, -0.05) is 70.4 Å². The van der Waals surface area contributed by atoms with Crippen LogP contribution < -0.4 is 10.6 Å². The summed E-state index contributed by atoms with van der Waals surface area (Å²) < 4.78 is 0. The van der Waals surface area contributed by atoms with Crippen LogP contribution in [-0.2, 0) is 0 Å². The quantitative estimate of drug-likeness (QED) is 0.246. The second-order valence-electron chi connectivity index (χ2n) is 7.20. The number of anilines is 1. The molecule has 0 atom stereocenters. The van der Waals surface area contributed by atoms with Crippen molar-refractivity contribution in [2.75, 3.05) is 11.9 Å². The molecule has 2 N–H and O–H groups in total. The number of nitrogens with one attached hydrogen (secondary N) is 2. The van der Waals surface area contributed by atoms with Crippen LogP contribution in [0.4, 0.5) is 10.5 Å². The van der Waals surface area contributed by atoms with Crippen LogP contribution in [0.1, 0.15) is 90.4 Å². The Morgan fingerprint density at radius 2 is 1.41 bits per heavy atom. The minimum absolute atomic E-state index is 0.142. The lowest BCUT2D eigenvalue weighted by Gasteiger charge is -2.07. The topological polar surface area (TPSA) is 54.0 Å². The molecule has 0 bridgehead atoms. The van der Waals surface area contributed by atoms with E-state index in [4.69, 9.17) is 0 Å². The van der Waals surface area contributed by atoms with Gasteiger partial charge in [-0.25, -0.2) is 4.79 Å². The molecule has 0 saturated carbocycles. The molecule has 1 rings (SSSR count). The molecule has 0 radical (unpaired) electrons. The number of unbranched alkanes of at least 4 members (excludes halogenated alkanes) is 11. The zero-order valence-electron chi connectivity index (χ0n) is 17.2. The maximum Gasteiger partial charge on any atom is 0.319 e. The molecule has 0 aliphatic carbocycles. The number of carbonyl (C=O) groups excluding carboxylic acids is 1. The summed E-state index contributed by atoms with van der Waals surface area (Å²) in [4.78, 5) is 15.6. The molecule has 1 heterocycles. The van der Waals surface area contributed by atoms with E-state index < -0.39 is 0 Å². The maximum absolute atomic E-state index is 11.7. The molecule has 27 heavy (non-hydrogen) atoms. The van der Waals surface area contributed by atoms with E-state index in [0.717, 1.165) is 18.7 Å². The Balaban J connectivity index is 1.81. The molecule has 0 spiro atoms. The average molecular weight is 374 g/mol. The van der Waals surface area contributed by atoms with Crippen molar-refractivity contribution in [1.82, 2.24) is 10.3 Å². The summed E-state index contributed by atoms with van der Waals surface area (Å²) in [5, 5.41) is 5.69. The lowest BCUT2D eigenvalue weighted by molar-refractivity contribution is 0.252. The van der Waals surface area contributed by atoms with Crippen LogP contribution in [0, 0.1) is 0 Å². The minimum atomic E-state index is -0.142. The van der Waals surface area contributed by atoms with Crippen molar-refractivity contribution in [2.24, 2.45) is 0 Å². The highest BCUT2D eigenvalue weighted by Gasteiger charge is 1.99. The number of rotatable bonds is 16. The Kier molecular flexibility index (Phi) is 15.1. The smallest absolute Gasteiger partial charge is 0.319 e. The summed E-state index contributed by atoms with van der Waals surface area (Å²) >= 11 is 0. The lowest BCUT2D eigenvalue weighted by Crippen LogP contribution is -2.29. The van der Waals surface area contributed by atoms with Gasteiger partial charge in [-0.05, 0) is 44.2 Å². The molecule has 0 aromatic carbocycles. The van der Waals surface area contributed by atoms with E-state index in [2.05, 4.69) is 34.7 Å². The van der Waals surface area contributed by atoms with E-state index in [1.54, 1.807) is 24.5 Å². The Morgan fingerprint density at radius 1 is 0.852 bits per heavy atom. The number of aromatic nitrogens is 1. The standard InChI is InChI=1S/C23H39N3O/c1-2-3-4-5-6-7-8-9-10-11-12-13-14-15-16-19-25-23(27)26-22-17-20-24-21-18-22/h9-10,17-18,20-21H,2-8,11-16,19H2,1H3,(H2,24,25,26,27)/b10-9-. The summed E-state index contributed by atoms with van der Waals surface area (Å²) in [6, 6.07) is 3.42. The van der Waals surface area contributed by atoms with Crippen LogP contribution in [0.3, 0.4) is 0 Å². The summed E-state index contributed by atoms with van der Waals surface area (Å²) in [7, 11) is 0. The van der Waals surface area contributed by atoms with Gasteiger partial charge in [0.2, 0.25) is 0 Å². The third-order valence-electron chi connectivity index (χ3n) is 4.66. The SMILES string of the molecule is CCCCCCCC/C=C\CCCCCCCNC(=O)Nc1ccncc1. The zero-order valence-corrected chi connectivity index (χ0v) is 17.2. The van der Waals surface area contributed by atoms with Gasteiger partial charge in [0.15, 0.2) is 0 Å². The summed E-state index contributed by atoms with van der Waals surface area (Å²) in [5.74, 6) is 0. The van der Waals surface area contributed by atoms with E-state index in [1.807, 2.05) is 0 Å². The number of urea groups is 1. The number of pyridine rings is 1. The largest absolute Gasteiger partial charge is 0.338 e. The molecule has 0 unspecified atom stereocenters.